The topological polar surface area (TPSA) is 71.1 Å². The maximum absolute atomic E-state index is 13.1. The number of carbonyl (C=O) groups is 2. The summed E-state index contributed by atoms with van der Waals surface area (Å²) in [7, 11) is 1.63. The van der Waals surface area contributed by atoms with E-state index in [1.165, 1.54) is 18.2 Å². The Bertz CT molecular complexity index is 592. The Balaban J connectivity index is 1.64. The zero-order chi connectivity index (χ0) is 18.8. The Labute approximate surface area is 153 Å². The molecular weight excluding hydrogens is 341 g/mol. The summed E-state index contributed by atoms with van der Waals surface area (Å²) in [5, 5.41) is 2.85. The van der Waals surface area contributed by atoms with E-state index in [0.29, 0.717) is 51.6 Å². The molecule has 0 unspecified atom stereocenters. The van der Waals surface area contributed by atoms with Crippen LogP contribution in [0.4, 0.5) is 4.39 Å². The van der Waals surface area contributed by atoms with Gasteiger partial charge in [0.15, 0.2) is 6.61 Å². The smallest absolute Gasteiger partial charge is 0.260 e. The molecule has 0 saturated carbocycles. The van der Waals surface area contributed by atoms with Gasteiger partial charge in [-0.05, 0) is 18.6 Å². The van der Waals surface area contributed by atoms with Gasteiger partial charge in [-0.1, -0.05) is 6.07 Å². The Hall–Kier alpha value is -2.19. The fourth-order valence-corrected chi connectivity index (χ4v) is 2.65. The fourth-order valence-electron chi connectivity index (χ4n) is 2.65. The van der Waals surface area contributed by atoms with Gasteiger partial charge in [0.2, 0.25) is 5.91 Å². The van der Waals surface area contributed by atoms with Crippen LogP contribution >= 0.6 is 0 Å². The monoisotopic (exact) mass is 367 g/mol. The molecule has 1 N–H and O–H groups in total. The highest BCUT2D eigenvalue weighted by Gasteiger charge is 2.22. The molecule has 1 aliphatic heterocycles. The van der Waals surface area contributed by atoms with Crippen molar-refractivity contribution < 1.29 is 23.5 Å². The maximum atomic E-state index is 13.1. The normalized spacial score (nSPS) is 14.9. The molecule has 1 saturated heterocycles. The van der Waals surface area contributed by atoms with Gasteiger partial charge in [-0.15, -0.1) is 0 Å². The number of hydrogen-bond acceptors (Lipinski definition) is 5. The van der Waals surface area contributed by atoms with Crippen LogP contribution in [0.25, 0.3) is 0 Å². The molecule has 1 aromatic carbocycles. The van der Waals surface area contributed by atoms with E-state index < -0.39 is 5.82 Å². The molecule has 0 radical (unpaired) electrons. The number of nitrogens with zero attached hydrogens (tertiary/aromatic N) is 2. The Morgan fingerprint density at radius 3 is 2.69 bits per heavy atom. The summed E-state index contributed by atoms with van der Waals surface area (Å²) >= 11 is 0. The molecule has 8 heteroatoms. The van der Waals surface area contributed by atoms with E-state index in [0.717, 1.165) is 6.42 Å². The van der Waals surface area contributed by atoms with Crippen molar-refractivity contribution in [1.29, 1.82) is 0 Å². The number of piperazine rings is 1. The average molecular weight is 367 g/mol. The molecule has 2 rings (SSSR count). The van der Waals surface area contributed by atoms with Gasteiger partial charge in [0.25, 0.3) is 5.91 Å². The van der Waals surface area contributed by atoms with Crippen molar-refractivity contribution in [2.45, 2.75) is 6.42 Å². The van der Waals surface area contributed by atoms with Crippen LogP contribution < -0.4 is 10.1 Å². The lowest BCUT2D eigenvalue weighted by Crippen LogP contribution is -2.52. The zero-order valence-electron chi connectivity index (χ0n) is 15.1. The first-order chi connectivity index (χ1) is 12.6. The SMILES string of the molecule is COCCCNC(=O)CN1CCN(C(=O)COc2cccc(F)c2)CC1. The third-order valence-electron chi connectivity index (χ3n) is 4.10. The van der Waals surface area contributed by atoms with Crippen molar-refractivity contribution in [3.05, 3.63) is 30.1 Å². The van der Waals surface area contributed by atoms with Gasteiger partial charge in [-0.3, -0.25) is 14.5 Å². The van der Waals surface area contributed by atoms with Gasteiger partial charge >= 0.3 is 0 Å². The average Bonchev–Trinajstić information content (AvgIpc) is 2.64. The van der Waals surface area contributed by atoms with Gasteiger partial charge in [0.1, 0.15) is 11.6 Å². The van der Waals surface area contributed by atoms with E-state index in [1.807, 2.05) is 4.90 Å². The number of rotatable bonds is 9. The van der Waals surface area contributed by atoms with Crippen molar-refractivity contribution in [1.82, 2.24) is 15.1 Å². The molecule has 0 aliphatic carbocycles. The summed E-state index contributed by atoms with van der Waals surface area (Å²) in [5.74, 6) is -0.223. The van der Waals surface area contributed by atoms with Crippen molar-refractivity contribution in [2.24, 2.45) is 0 Å². The summed E-state index contributed by atoms with van der Waals surface area (Å²) in [6.45, 7) is 3.79. The summed E-state index contributed by atoms with van der Waals surface area (Å²) in [6, 6.07) is 5.71. The number of benzene rings is 1. The predicted octanol–water partition coefficient (Wildman–Crippen LogP) is 0.501. The minimum absolute atomic E-state index is 0.0182. The lowest BCUT2D eigenvalue weighted by Gasteiger charge is -2.34. The molecule has 0 atom stereocenters. The molecule has 1 aliphatic rings. The van der Waals surface area contributed by atoms with Crippen LogP contribution in [0.5, 0.6) is 5.75 Å². The van der Waals surface area contributed by atoms with E-state index in [1.54, 1.807) is 18.1 Å². The van der Waals surface area contributed by atoms with Crippen molar-refractivity contribution in [3.8, 4) is 5.75 Å². The summed E-state index contributed by atoms with van der Waals surface area (Å²) in [4.78, 5) is 27.8. The molecule has 0 bridgehead atoms. The molecule has 1 fully saturated rings. The van der Waals surface area contributed by atoms with Crippen LogP contribution in [0.1, 0.15) is 6.42 Å². The number of nitrogens with one attached hydrogen (secondary N) is 1. The Kier molecular flexibility index (Phi) is 8.30. The van der Waals surface area contributed by atoms with Crippen LogP contribution in [0.3, 0.4) is 0 Å². The van der Waals surface area contributed by atoms with E-state index >= 15 is 0 Å². The highest BCUT2D eigenvalue weighted by Crippen LogP contribution is 2.12. The molecule has 1 aromatic rings. The van der Waals surface area contributed by atoms with Crippen LogP contribution in [0.15, 0.2) is 24.3 Å². The molecule has 0 spiro atoms. The van der Waals surface area contributed by atoms with E-state index in [4.69, 9.17) is 9.47 Å². The van der Waals surface area contributed by atoms with Crippen molar-refractivity contribution >= 4 is 11.8 Å². The number of methoxy groups -OCH3 is 1. The highest BCUT2D eigenvalue weighted by molar-refractivity contribution is 5.79. The second kappa shape index (κ2) is 10.7. The number of halogens is 1. The van der Waals surface area contributed by atoms with Gasteiger partial charge in [0.05, 0.1) is 6.54 Å². The summed E-state index contributed by atoms with van der Waals surface area (Å²) in [6.07, 6.45) is 0.788. The third-order valence-corrected chi connectivity index (χ3v) is 4.10. The van der Waals surface area contributed by atoms with Crippen LogP contribution in [-0.4, -0.2) is 81.2 Å². The Morgan fingerprint density at radius 2 is 2.00 bits per heavy atom. The van der Waals surface area contributed by atoms with Crippen LogP contribution in [0.2, 0.25) is 0 Å². The number of hydrogen-bond donors (Lipinski definition) is 1. The first kappa shape index (κ1) is 20.1. The largest absolute Gasteiger partial charge is 0.484 e. The van der Waals surface area contributed by atoms with Crippen LogP contribution in [-0.2, 0) is 14.3 Å². The van der Waals surface area contributed by atoms with Gasteiger partial charge in [-0.2, -0.15) is 0 Å². The third kappa shape index (κ3) is 6.97. The predicted molar refractivity (Wildman–Crippen MR) is 94.4 cm³/mol. The molecule has 1 heterocycles. The minimum Gasteiger partial charge on any atom is -0.484 e. The molecule has 7 nitrogen and oxygen atoms in total. The number of amides is 2. The maximum Gasteiger partial charge on any atom is 0.260 e. The van der Waals surface area contributed by atoms with E-state index in [-0.39, 0.29) is 18.4 Å². The van der Waals surface area contributed by atoms with E-state index in [2.05, 4.69) is 5.32 Å². The van der Waals surface area contributed by atoms with Gasteiger partial charge in [0, 0.05) is 52.5 Å². The van der Waals surface area contributed by atoms with Gasteiger partial charge in [-0.25, -0.2) is 4.39 Å². The summed E-state index contributed by atoms with van der Waals surface area (Å²) < 4.78 is 23.4. The standard InChI is InChI=1S/C18H26FN3O4/c1-25-11-3-6-20-17(23)13-21-7-9-22(10-8-21)18(24)14-26-16-5-2-4-15(19)12-16/h2,4-5,12H,3,6-11,13-14H2,1H3,(H,20,23). The molecule has 2 amide bonds. The first-order valence-electron chi connectivity index (χ1n) is 8.72. The quantitative estimate of drug-likeness (QED) is 0.644. The van der Waals surface area contributed by atoms with Crippen molar-refractivity contribution in [3.63, 3.8) is 0 Å². The van der Waals surface area contributed by atoms with E-state index in [9.17, 15) is 14.0 Å². The highest BCUT2D eigenvalue weighted by atomic mass is 19.1. The van der Waals surface area contributed by atoms with Gasteiger partial charge < -0.3 is 19.7 Å². The molecule has 0 aromatic heterocycles. The molecule has 26 heavy (non-hydrogen) atoms. The minimum atomic E-state index is -0.399. The molecule has 144 valence electrons. The number of carbonyl (C=O) groups excluding carboxylic acids is 2. The number of ether oxygens (including phenoxy) is 2. The lowest BCUT2D eigenvalue weighted by atomic mass is 10.3. The van der Waals surface area contributed by atoms with Crippen molar-refractivity contribution in [2.75, 3.05) is 59.6 Å². The summed E-state index contributed by atoms with van der Waals surface area (Å²) in [5.41, 5.74) is 0. The Morgan fingerprint density at radius 1 is 1.23 bits per heavy atom. The van der Waals surface area contributed by atoms with Crippen LogP contribution in [0, 0.1) is 5.82 Å². The lowest BCUT2D eigenvalue weighted by molar-refractivity contribution is -0.135. The molecular formula is C18H26FN3O4. The zero-order valence-corrected chi connectivity index (χ0v) is 15.1. The fraction of sp³-hybridized carbons (Fsp3) is 0.556. The second-order valence-corrected chi connectivity index (χ2v) is 6.10. The first-order valence-corrected chi connectivity index (χ1v) is 8.72. The second-order valence-electron chi connectivity index (χ2n) is 6.10.